The topological polar surface area (TPSA) is 48.0 Å². The summed E-state index contributed by atoms with van der Waals surface area (Å²) in [4.78, 5) is 16.0. The Hall–Kier alpha value is -0.910. The van der Waals surface area contributed by atoms with E-state index in [-0.39, 0.29) is 12.0 Å². The van der Waals surface area contributed by atoms with E-state index in [2.05, 4.69) is 0 Å². The standard InChI is InChI=1S/C10H17NO4/c1-10(2)14-7-8(15-10)5-6-9(12)11(3)13-4/h5-6,8H,7H2,1-4H3/b6-5+. The second kappa shape index (κ2) is 4.74. The second-order valence-corrected chi connectivity index (χ2v) is 3.74. The summed E-state index contributed by atoms with van der Waals surface area (Å²) < 4.78 is 10.8. The van der Waals surface area contributed by atoms with Crippen LogP contribution in [0, 0.1) is 0 Å². The number of likely N-dealkylation sites (N-methyl/N-ethyl adjacent to an activating group) is 1. The van der Waals surface area contributed by atoms with Gasteiger partial charge in [-0.2, -0.15) is 0 Å². The van der Waals surface area contributed by atoms with Crippen molar-refractivity contribution in [2.45, 2.75) is 25.7 Å². The molecule has 1 aliphatic rings. The van der Waals surface area contributed by atoms with E-state index in [1.165, 1.54) is 13.2 Å². The summed E-state index contributed by atoms with van der Waals surface area (Å²) in [6.07, 6.45) is 2.92. The van der Waals surface area contributed by atoms with Crippen molar-refractivity contribution < 1.29 is 19.1 Å². The number of hydrogen-bond acceptors (Lipinski definition) is 4. The van der Waals surface area contributed by atoms with Crippen LogP contribution in [0.3, 0.4) is 0 Å². The van der Waals surface area contributed by atoms with Crippen molar-refractivity contribution in [3.8, 4) is 0 Å². The number of hydrogen-bond donors (Lipinski definition) is 0. The third-order valence-corrected chi connectivity index (χ3v) is 2.07. The molecule has 5 heteroatoms. The Morgan fingerprint density at radius 3 is 2.73 bits per heavy atom. The largest absolute Gasteiger partial charge is 0.347 e. The number of carbonyl (C=O) groups is 1. The van der Waals surface area contributed by atoms with Crippen molar-refractivity contribution in [1.82, 2.24) is 5.06 Å². The van der Waals surface area contributed by atoms with Crippen LogP contribution < -0.4 is 0 Å². The third-order valence-electron chi connectivity index (χ3n) is 2.07. The van der Waals surface area contributed by atoms with Gasteiger partial charge < -0.3 is 9.47 Å². The fourth-order valence-corrected chi connectivity index (χ4v) is 1.19. The van der Waals surface area contributed by atoms with Crippen LogP contribution in [0.1, 0.15) is 13.8 Å². The highest BCUT2D eigenvalue weighted by Gasteiger charge is 2.31. The van der Waals surface area contributed by atoms with Crippen LogP contribution >= 0.6 is 0 Å². The van der Waals surface area contributed by atoms with Gasteiger partial charge in [0.25, 0.3) is 5.91 Å². The van der Waals surface area contributed by atoms with Gasteiger partial charge in [0, 0.05) is 13.1 Å². The van der Waals surface area contributed by atoms with Crippen molar-refractivity contribution in [3.05, 3.63) is 12.2 Å². The molecule has 5 nitrogen and oxygen atoms in total. The van der Waals surface area contributed by atoms with Crippen molar-refractivity contribution >= 4 is 5.91 Å². The summed E-state index contributed by atoms with van der Waals surface area (Å²) in [5, 5.41) is 1.14. The minimum Gasteiger partial charge on any atom is -0.347 e. The zero-order valence-corrected chi connectivity index (χ0v) is 9.52. The maximum atomic E-state index is 11.3. The van der Waals surface area contributed by atoms with E-state index in [1.54, 1.807) is 13.1 Å². The van der Waals surface area contributed by atoms with E-state index in [0.717, 1.165) is 5.06 Å². The lowest BCUT2D eigenvalue weighted by molar-refractivity contribution is -0.162. The van der Waals surface area contributed by atoms with E-state index in [0.29, 0.717) is 6.61 Å². The molecule has 0 N–H and O–H groups in total. The number of amides is 1. The van der Waals surface area contributed by atoms with E-state index < -0.39 is 5.79 Å². The highest BCUT2D eigenvalue weighted by molar-refractivity contribution is 5.86. The SMILES string of the molecule is CON(C)C(=O)/C=C/C1COC(C)(C)O1. The Morgan fingerprint density at radius 1 is 1.60 bits per heavy atom. The van der Waals surface area contributed by atoms with Crippen LogP contribution in [-0.2, 0) is 19.1 Å². The summed E-state index contributed by atoms with van der Waals surface area (Å²) in [7, 11) is 2.98. The molecule has 1 amide bonds. The molecular weight excluding hydrogens is 198 g/mol. The van der Waals surface area contributed by atoms with Crippen LogP contribution in [0.15, 0.2) is 12.2 Å². The molecule has 0 aromatic carbocycles. The van der Waals surface area contributed by atoms with Gasteiger partial charge in [0.1, 0.15) is 6.10 Å². The van der Waals surface area contributed by atoms with Crippen LogP contribution in [0.5, 0.6) is 0 Å². The number of rotatable bonds is 3. The first-order chi connectivity index (χ1) is 6.94. The Balaban J connectivity index is 2.43. The monoisotopic (exact) mass is 215 g/mol. The van der Waals surface area contributed by atoms with E-state index in [4.69, 9.17) is 14.3 Å². The lowest BCUT2D eigenvalue weighted by Crippen LogP contribution is -2.24. The van der Waals surface area contributed by atoms with Gasteiger partial charge in [-0.25, -0.2) is 5.06 Å². The van der Waals surface area contributed by atoms with Crippen LogP contribution in [0.4, 0.5) is 0 Å². The molecule has 0 bridgehead atoms. The number of carbonyl (C=O) groups excluding carboxylic acids is 1. The van der Waals surface area contributed by atoms with Gasteiger partial charge in [0.05, 0.1) is 13.7 Å². The summed E-state index contributed by atoms with van der Waals surface area (Å²) >= 11 is 0. The maximum Gasteiger partial charge on any atom is 0.269 e. The van der Waals surface area contributed by atoms with Crippen molar-refractivity contribution in [2.24, 2.45) is 0 Å². The first-order valence-corrected chi connectivity index (χ1v) is 4.76. The molecule has 1 atom stereocenters. The van der Waals surface area contributed by atoms with Crippen molar-refractivity contribution in [2.75, 3.05) is 20.8 Å². The van der Waals surface area contributed by atoms with Gasteiger partial charge in [-0.1, -0.05) is 0 Å². The quantitative estimate of drug-likeness (QED) is 0.514. The lowest BCUT2D eigenvalue weighted by Gasteiger charge is -2.15. The highest BCUT2D eigenvalue weighted by Crippen LogP contribution is 2.22. The predicted molar refractivity (Wildman–Crippen MR) is 53.8 cm³/mol. The van der Waals surface area contributed by atoms with E-state index >= 15 is 0 Å². The molecule has 1 saturated heterocycles. The molecule has 0 spiro atoms. The average Bonchev–Trinajstić information content (AvgIpc) is 2.53. The van der Waals surface area contributed by atoms with Gasteiger partial charge in [0.2, 0.25) is 0 Å². The molecule has 1 unspecified atom stereocenters. The molecule has 1 fully saturated rings. The van der Waals surface area contributed by atoms with Gasteiger partial charge in [-0.05, 0) is 19.9 Å². The molecule has 0 saturated carbocycles. The lowest BCUT2D eigenvalue weighted by atomic mass is 10.3. The summed E-state index contributed by atoms with van der Waals surface area (Å²) in [5.74, 6) is -0.795. The van der Waals surface area contributed by atoms with Crippen LogP contribution in [-0.4, -0.2) is 43.6 Å². The van der Waals surface area contributed by atoms with Crippen LogP contribution in [0.2, 0.25) is 0 Å². The molecule has 1 rings (SSSR count). The molecule has 15 heavy (non-hydrogen) atoms. The number of hydroxylamine groups is 2. The fraction of sp³-hybridized carbons (Fsp3) is 0.700. The van der Waals surface area contributed by atoms with Gasteiger partial charge in [-0.15, -0.1) is 0 Å². The van der Waals surface area contributed by atoms with E-state index in [1.807, 2.05) is 13.8 Å². The van der Waals surface area contributed by atoms with Crippen molar-refractivity contribution in [1.29, 1.82) is 0 Å². The summed E-state index contributed by atoms with van der Waals surface area (Å²) in [6.45, 7) is 4.14. The first kappa shape index (κ1) is 12.2. The van der Waals surface area contributed by atoms with E-state index in [9.17, 15) is 4.79 Å². The van der Waals surface area contributed by atoms with Gasteiger partial charge in [-0.3, -0.25) is 9.63 Å². The molecule has 0 aliphatic carbocycles. The Kier molecular flexibility index (Phi) is 3.84. The molecule has 0 aromatic heterocycles. The van der Waals surface area contributed by atoms with Gasteiger partial charge in [0.15, 0.2) is 5.79 Å². The molecule has 1 aliphatic heterocycles. The molecule has 0 aromatic rings. The zero-order valence-electron chi connectivity index (χ0n) is 9.52. The first-order valence-electron chi connectivity index (χ1n) is 4.76. The van der Waals surface area contributed by atoms with Crippen LogP contribution in [0.25, 0.3) is 0 Å². The minimum absolute atomic E-state index is 0.172. The second-order valence-electron chi connectivity index (χ2n) is 3.74. The third kappa shape index (κ3) is 3.62. The Morgan fingerprint density at radius 2 is 2.27 bits per heavy atom. The summed E-state index contributed by atoms with van der Waals surface area (Å²) in [6, 6.07) is 0. The Bertz CT molecular complexity index is 262. The maximum absolute atomic E-state index is 11.3. The molecule has 1 heterocycles. The number of nitrogens with zero attached hydrogens (tertiary/aromatic N) is 1. The zero-order chi connectivity index (χ0) is 11.5. The average molecular weight is 215 g/mol. The molecular formula is C10H17NO4. The molecule has 0 radical (unpaired) electrons. The Labute approximate surface area is 89.5 Å². The normalized spacial score (nSPS) is 24.7. The van der Waals surface area contributed by atoms with Crippen molar-refractivity contribution in [3.63, 3.8) is 0 Å². The minimum atomic E-state index is -0.564. The predicted octanol–water partition coefficient (Wildman–Crippen LogP) is 0.714. The molecule has 86 valence electrons. The van der Waals surface area contributed by atoms with Gasteiger partial charge >= 0.3 is 0 Å². The smallest absolute Gasteiger partial charge is 0.269 e. The number of ether oxygens (including phenoxy) is 2. The summed E-state index contributed by atoms with van der Waals surface area (Å²) in [5.41, 5.74) is 0. The highest BCUT2D eigenvalue weighted by atomic mass is 16.7. The fourth-order valence-electron chi connectivity index (χ4n) is 1.19.